The van der Waals surface area contributed by atoms with Crippen LogP contribution >= 0.6 is 0 Å². The number of hydrogen-bond acceptors (Lipinski definition) is 8. The third kappa shape index (κ3) is 11.1. The van der Waals surface area contributed by atoms with Gasteiger partial charge >= 0.3 is 11.9 Å². The van der Waals surface area contributed by atoms with Crippen molar-refractivity contribution in [3.05, 3.63) is 0 Å². The summed E-state index contributed by atoms with van der Waals surface area (Å²) in [6, 6.07) is -5.58. The molecule has 0 aliphatic rings. The molecular formula is C17H31N7O8. The smallest absolute Gasteiger partial charge is 0.328 e. The Morgan fingerprint density at radius 1 is 0.906 bits per heavy atom. The first-order chi connectivity index (χ1) is 14.8. The summed E-state index contributed by atoms with van der Waals surface area (Å²) < 4.78 is 0. The van der Waals surface area contributed by atoms with Crippen molar-refractivity contribution in [1.82, 2.24) is 16.0 Å². The van der Waals surface area contributed by atoms with Gasteiger partial charge in [0, 0.05) is 6.54 Å². The molecule has 0 aliphatic carbocycles. The average Bonchev–Trinajstić information content (AvgIpc) is 2.66. The van der Waals surface area contributed by atoms with E-state index in [0.29, 0.717) is 0 Å². The number of carboxylic acid groups (broad SMARTS) is 2. The topological polar surface area (TPSA) is 273 Å². The fraction of sp³-hybridized carbons (Fsp3) is 0.647. The average molecular weight is 461 g/mol. The van der Waals surface area contributed by atoms with Gasteiger partial charge in [-0.15, -0.1) is 0 Å². The molecule has 12 N–H and O–H groups in total. The number of aliphatic hydroxyl groups excluding tert-OH is 1. The molecule has 0 aromatic rings. The Morgan fingerprint density at radius 3 is 1.88 bits per heavy atom. The fourth-order valence-corrected chi connectivity index (χ4v) is 2.37. The molecule has 0 heterocycles. The number of guanidine groups is 1. The first-order valence-corrected chi connectivity index (χ1v) is 9.61. The molecule has 0 aromatic carbocycles. The highest BCUT2D eigenvalue weighted by molar-refractivity contribution is 5.95. The van der Waals surface area contributed by atoms with Crippen LogP contribution in [0.1, 0.15) is 33.1 Å². The number of hydrogen-bond donors (Lipinski definition) is 9. The van der Waals surface area contributed by atoms with Gasteiger partial charge < -0.3 is 48.5 Å². The van der Waals surface area contributed by atoms with E-state index >= 15 is 0 Å². The molecule has 182 valence electrons. The van der Waals surface area contributed by atoms with Gasteiger partial charge in [0.25, 0.3) is 0 Å². The first kappa shape index (κ1) is 28.5. The van der Waals surface area contributed by atoms with Crippen LogP contribution in [0.2, 0.25) is 0 Å². The van der Waals surface area contributed by atoms with Gasteiger partial charge in [0.05, 0.1) is 18.6 Å². The zero-order chi connectivity index (χ0) is 25.0. The Morgan fingerprint density at radius 2 is 1.44 bits per heavy atom. The zero-order valence-electron chi connectivity index (χ0n) is 17.8. The molecular weight excluding hydrogens is 430 g/mol. The van der Waals surface area contributed by atoms with Gasteiger partial charge in [0.1, 0.15) is 12.1 Å². The largest absolute Gasteiger partial charge is 0.481 e. The standard InChI is InChI=1S/C17H31N7O8/c1-7(18)13(28)23-10(6-11(26)27)15(30)22-9(4-3-5-21-17(19)20)14(29)24-12(8(2)25)16(31)32/h7-10,12,25H,3-6,18H2,1-2H3,(H,22,30)(H,23,28)(H,24,29)(H,26,27)(H,31,32)(H4,19,20,21). The van der Waals surface area contributed by atoms with Gasteiger partial charge in [-0.2, -0.15) is 0 Å². The number of carbonyl (C=O) groups excluding carboxylic acids is 3. The number of carbonyl (C=O) groups is 5. The van der Waals surface area contributed by atoms with E-state index in [1.54, 1.807) is 0 Å². The highest BCUT2D eigenvalue weighted by Crippen LogP contribution is 2.04. The summed E-state index contributed by atoms with van der Waals surface area (Å²) in [4.78, 5) is 63.1. The summed E-state index contributed by atoms with van der Waals surface area (Å²) in [7, 11) is 0. The lowest BCUT2D eigenvalue weighted by atomic mass is 10.1. The predicted molar refractivity (Wildman–Crippen MR) is 111 cm³/mol. The third-order valence-corrected chi connectivity index (χ3v) is 4.05. The Hall–Kier alpha value is -3.46. The maximum Gasteiger partial charge on any atom is 0.328 e. The van der Waals surface area contributed by atoms with Crippen LogP contribution in [0.15, 0.2) is 4.99 Å². The zero-order valence-corrected chi connectivity index (χ0v) is 17.8. The predicted octanol–water partition coefficient (Wildman–Crippen LogP) is -4.22. The summed E-state index contributed by atoms with van der Waals surface area (Å²) in [5, 5.41) is 34.3. The van der Waals surface area contributed by atoms with E-state index in [4.69, 9.17) is 27.4 Å². The van der Waals surface area contributed by atoms with Crippen LogP contribution in [0, 0.1) is 0 Å². The minimum Gasteiger partial charge on any atom is -0.481 e. The number of nitrogens with two attached hydrogens (primary N) is 3. The van der Waals surface area contributed by atoms with E-state index in [1.807, 2.05) is 0 Å². The van der Waals surface area contributed by atoms with Crippen molar-refractivity contribution in [1.29, 1.82) is 0 Å². The van der Waals surface area contributed by atoms with Gasteiger partial charge in [-0.1, -0.05) is 0 Å². The minimum atomic E-state index is -1.66. The molecule has 0 aromatic heterocycles. The van der Waals surface area contributed by atoms with E-state index < -0.39 is 66.4 Å². The van der Waals surface area contributed by atoms with E-state index in [2.05, 4.69) is 20.9 Å². The number of aliphatic hydroxyl groups is 1. The summed E-state index contributed by atoms with van der Waals surface area (Å²) in [6.45, 7) is 2.56. The van der Waals surface area contributed by atoms with Crippen molar-refractivity contribution in [2.75, 3.05) is 6.54 Å². The highest BCUT2D eigenvalue weighted by atomic mass is 16.4. The number of aliphatic imine (C=N–C) groups is 1. The second-order valence-corrected chi connectivity index (χ2v) is 7.02. The van der Waals surface area contributed by atoms with E-state index in [0.717, 1.165) is 6.92 Å². The van der Waals surface area contributed by atoms with Crippen LogP contribution in [0.3, 0.4) is 0 Å². The van der Waals surface area contributed by atoms with Crippen molar-refractivity contribution in [3.63, 3.8) is 0 Å². The number of nitrogens with zero attached hydrogens (tertiary/aromatic N) is 1. The van der Waals surface area contributed by atoms with Crippen molar-refractivity contribution in [3.8, 4) is 0 Å². The van der Waals surface area contributed by atoms with Crippen LogP contribution in [-0.4, -0.2) is 87.8 Å². The second kappa shape index (κ2) is 13.8. The Bertz CT molecular complexity index is 722. The molecule has 0 spiro atoms. The SMILES string of the molecule is CC(N)C(=O)NC(CC(=O)O)C(=O)NC(CCCN=C(N)N)C(=O)NC(C(=O)O)C(C)O. The van der Waals surface area contributed by atoms with Crippen molar-refractivity contribution in [2.45, 2.75) is 63.4 Å². The molecule has 0 radical (unpaired) electrons. The molecule has 15 nitrogen and oxygen atoms in total. The Kier molecular flexibility index (Phi) is 12.3. The fourth-order valence-electron chi connectivity index (χ4n) is 2.37. The number of nitrogens with one attached hydrogen (secondary N) is 3. The van der Waals surface area contributed by atoms with Gasteiger partial charge in [-0.3, -0.25) is 24.2 Å². The minimum absolute atomic E-state index is 0.0679. The van der Waals surface area contributed by atoms with Crippen molar-refractivity contribution >= 4 is 35.6 Å². The lowest BCUT2D eigenvalue weighted by Crippen LogP contribution is -2.58. The molecule has 32 heavy (non-hydrogen) atoms. The molecule has 0 bridgehead atoms. The van der Waals surface area contributed by atoms with Crippen LogP contribution in [0.5, 0.6) is 0 Å². The maximum absolute atomic E-state index is 12.6. The van der Waals surface area contributed by atoms with Crippen molar-refractivity contribution in [2.24, 2.45) is 22.2 Å². The number of carboxylic acids is 2. The summed E-state index contributed by atoms with van der Waals surface area (Å²) in [6.07, 6.45) is -2.13. The number of rotatable bonds is 14. The van der Waals surface area contributed by atoms with Gasteiger partial charge in [-0.05, 0) is 26.7 Å². The quantitative estimate of drug-likeness (QED) is 0.0679. The monoisotopic (exact) mass is 461 g/mol. The summed E-state index contributed by atoms with van der Waals surface area (Å²) in [5.41, 5.74) is 15.9. The molecule has 0 saturated carbocycles. The second-order valence-electron chi connectivity index (χ2n) is 7.02. The third-order valence-electron chi connectivity index (χ3n) is 4.05. The lowest BCUT2D eigenvalue weighted by molar-refractivity contribution is -0.145. The number of amides is 3. The molecule has 3 amide bonds. The van der Waals surface area contributed by atoms with Crippen molar-refractivity contribution < 1.29 is 39.3 Å². The van der Waals surface area contributed by atoms with E-state index in [1.165, 1.54) is 6.92 Å². The van der Waals surface area contributed by atoms with E-state index in [9.17, 15) is 29.1 Å². The van der Waals surface area contributed by atoms with Crippen LogP contribution in [0.4, 0.5) is 0 Å². The molecule has 5 unspecified atom stereocenters. The van der Waals surface area contributed by atoms with Crippen LogP contribution in [0.25, 0.3) is 0 Å². The molecule has 0 fully saturated rings. The molecule has 5 atom stereocenters. The molecule has 0 saturated heterocycles. The van der Waals surface area contributed by atoms with E-state index in [-0.39, 0.29) is 25.3 Å². The van der Waals surface area contributed by atoms with Crippen LogP contribution in [-0.2, 0) is 24.0 Å². The molecule has 15 heteroatoms. The van der Waals surface area contributed by atoms with Gasteiger partial charge in [0.15, 0.2) is 12.0 Å². The van der Waals surface area contributed by atoms with Gasteiger partial charge in [-0.25, -0.2) is 4.79 Å². The van der Waals surface area contributed by atoms with Gasteiger partial charge in [0.2, 0.25) is 17.7 Å². The summed E-state index contributed by atoms with van der Waals surface area (Å²) >= 11 is 0. The lowest BCUT2D eigenvalue weighted by Gasteiger charge is -2.25. The number of aliphatic carboxylic acids is 2. The van der Waals surface area contributed by atoms with Crippen LogP contribution < -0.4 is 33.2 Å². The first-order valence-electron chi connectivity index (χ1n) is 9.61. The highest BCUT2D eigenvalue weighted by Gasteiger charge is 2.32. The Labute approximate surface area is 183 Å². The normalized spacial score (nSPS) is 15.2. The maximum atomic E-state index is 12.6. The molecule has 0 aliphatic heterocycles. The molecule has 0 rings (SSSR count). The summed E-state index contributed by atoms with van der Waals surface area (Å²) in [5.74, 6) is -5.86. The Balaban J connectivity index is 5.55.